The summed E-state index contributed by atoms with van der Waals surface area (Å²) in [5, 5.41) is 13.1. The lowest BCUT2D eigenvalue weighted by Gasteiger charge is -2.18. The second kappa shape index (κ2) is 6.68. The van der Waals surface area contributed by atoms with Crippen molar-refractivity contribution >= 4 is 11.7 Å². The van der Waals surface area contributed by atoms with Crippen LogP contribution in [0.15, 0.2) is 6.20 Å². The molecule has 0 radical (unpaired) electrons. The molecule has 0 saturated carbocycles. The van der Waals surface area contributed by atoms with E-state index >= 15 is 0 Å². The number of aromatic amines is 1. The standard InChI is InChI=1S/C13H22N4O2/c1-3-5-14-11-8-19-7-10(11)13(18)16-12-9(4-2)6-15-17-12/h6,10-11,14H,3-5,7-8H2,1-2H3,(H2,15,16,17,18). The minimum Gasteiger partial charge on any atom is -0.379 e. The molecule has 0 aromatic carbocycles. The van der Waals surface area contributed by atoms with E-state index in [0.29, 0.717) is 19.0 Å². The molecule has 19 heavy (non-hydrogen) atoms. The van der Waals surface area contributed by atoms with E-state index in [2.05, 4.69) is 27.8 Å². The molecule has 0 spiro atoms. The van der Waals surface area contributed by atoms with Gasteiger partial charge in [-0.3, -0.25) is 9.89 Å². The molecule has 1 aliphatic rings. The summed E-state index contributed by atoms with van der Waals surface area (Å²) < 4.78 is 5.41. The van der Waals surface area contributed by atoms with Crippen LogP contribution in [0.5, 0.6) is 0 Å². The molecule has 2 rings (SSSR count). The van der Waals surface area contributed by atoms with E-state index in [9.17, 15) is 4.79 Å². The van der Waals surface area contributed by atoms with Gasteiger partial charge in [0, 0.05) is 11.6 Å². The predicted octanol–water partition coefficient (Wildman–Crippen LogP) is 0.925. The van der Waals surface area contributed by atoms with Crippen LogP contribution in [0.3, 0.4) is 0 Å². The first-order valence-electron chi connectivity index (χ1n) is 6.90. The molecule has 1 fully saturated rings. The zero-order valence-corrected chi connectivity index (χ0v) is 11.5. The van der Waals surface area contributed by atoms with Gasteiger partial charge >= 0.3 is 0 Å². The minimum absolute atomic E-state index is 0.00921. The van der Waals surface area contributed by atoms with Gasteiger partial charge < -0.3 is 15.4 Å². The summed E-state index contributed by atoms with van der Waals surface area (Å²) in [5.74, 6) is 0.554. The summed E-state index contributed by atoms with van der Waals surface area (Å²) in [6.45, 7) is 6.12. The highest BCUT2D eigenvalue weighted by atomic mass is 16.5. The third-order valence-corrected chi connectivity index (χ3v) is 3.42. The van der Waals surface area contributed by atoms with Gasteiger partial charge in [-0.1, -0.05) is 13.8 Å². The fraction of sp³-hybridized carbons (Fsp3) is 0.692. The Balaban J connectivity index is 1.95. The number of nitrogens with one attached hydrogen (secondary N) is 3. The third kappa shape index (κ3) is 3.33. The highest BCUT2D eigenvalue weighted by Gasteiger charge is 2.33. The Kier molecular flexibility index (Phi) is 4.93. The van der Waals surface area contributed by atoms with Crippen LogP contribution in [0.2, 0.25) is 0 Å². The quantitative estimate of drug-likeness (QED) is 0.715. The zero-order valence-electron chi connectivity index (χ0n) is 11.5. The second-order valence-electron chi connectivity index (χ2n) is 4.82. The van der Waals surface area contributed by atoms with Crippen LogP contribution in [-0.2, 0) is 16.0 Å². The Morgan fingerprint density at radius 3 is 3.11 bits per heavy atom. The Bertz CT molecular complexity index is 419. The molecule has 1 aromatic rings. The lowest BCUT2D eigenvalue weighted by Crippen LogP contribution is -2.41. The number of anilines is 1. The van der Waals surface area contributed by atoms with Crippen molar-refractivity contribution in [2.45, 2.75) is 32.7 Å². The molecule has 6 nitrogen and oxygen atoms in total. The van der Waals surface area contributed by atoms with Crippen molar-refractivity contribution < 1.29 is 9.53 Å². The van der Waals surface area contributed by atoms with Gasteiger partial charge in [0.1, 0.15) is 5.82 Å². The maximum Gasteiger partial charge on any atom is 0.232 e. The maximum absolute atomic E-state index is 12.3. The van der Waals surface area contributed by atoms with Crippen LogP contribution in [0.1, 0.15) is 25.8 Å². The molecule has 2 atom stereocenters. The fourth-order valence-corrected chi connectivity index (χ4v) is 2.25. The number of H-pyrrole nitrogens is 1. The van der Waals surface area contributed by atoms with Gasteiger partial charge in [0.05, 0.1) is 25.3 Å². The van der Waals surface area contributed by atoms with Gasteiger partial charge in [-0.25, -0.2) is 0 Å². The van der Waals surface area contributed by atoms with E-state index in [1.165, 1.54) is 0 Å². The molecule has 2 heterocycles. The maximum atomic E-state index is 12.3. The molecule has 6 heteroatoms. The lowest BCUT2D eigenvalue weighted by molar-refractivity contribution is -0.120. The summed E-state index contributed by atoms with van der Waals surface area (Å²) in [5.41, 5.74) is 1.02. The summed E-state index contributed by atoms with van der Waals surface area (Å²) in [7, 11) is 0. The molecular formula is C13H22N4O2. The molecule has 0 bridgehead atoms. The Morgan fingerprint density at radius 1 is 1.53 bits per heavy atom. The smallest absolute Gasteiger partial charge is 0.232 e. The monoisotopic (exact) mass is 266 g/mol. The first-order valence-corrected chi connectivity index (χ1v) is 6.90. The number of rotatable bonds is 6. The van der Waals surface area contributed by atoms with E-state index in [-0.39, 0.29) is 17.9 Å². The number of carbonyl (C=O) groups is 1. The zero-order chi connectivity index (χ0) is 13.7. The molecule has 3 N–H and O–H groups in total. The van der Waals surface area contributed by atoms with Crippen molar-refractivity contribution in [3.05, 3.63) is 11.8 Å². The average molecular weight is 266 g/mol. The summed E-state index contributed by atoms with van der Waals surface area (Å²) in [4.78, 5) is 12.3. The predicted molar refractivity (Wildman–Crippen MR) is 73.0 cm³/mol. The van der Waals surface area contributed by atoms with Crippen LogP contribution in [0, 0.1) is 5.92 Å². The van der Waals surface area contributed by atoms with Gasteiger partial charge in [0.25, 0.3) is 0 Å². The topological polar surface area (TPSA) is 79.0 Å². The van der Waals surface area contributed by atoms with Gasteiger partial charge in [0.2, 0.25) is 5.91 Å². The SMILES string of the molecule is CCCNC1COCC1C(=O)Nc1[nH]ncc1CC. The number of hydrogen-bond acceptors (Lipinski definition) is 4. The van der Waals surface area contributed by atoms with E-state index < -0.39 is 0 Å². The van der Waals surface area contributed by atoms with E-state index in [0.717, 1.165) is 24.9 Å². The molecule has 1 aliphatic heterocycles. The minimum atomic E-state index is -0.139. The Morgan fingerprint density at radius 2 is 2.37 bits per heavy atom. The molecule has 1 amide bonds. The molecule has 106 valence electrons. The normalized spacial score (nSPS) is 22.6. The van der Waals surface area contributed by atoms with Gasteiger partial charge in [-0.2, -0.15) is 5.10 Å². The van der Waals surface area contributed by atoms with E-state index in [1.807, 2.05) is 6.92 Å². The van der Waals surface area contributed by atoms with Crippen molar-refractivity contribution in [3.8, 4) is 0 Å². The van der Waals surface area contributed by atoms with Crippen LogP contribution in [-0.4, -0.2) is 41.9 Å². The number of carbonyl (C=O) groups excluding carboxylic acids is 1. The van der Waals surface area contributed by atoms with E-state index in [1.54, 1.807) is 6.20 Å². The van der Waals surface area contributed by atoms with Crippen LogP contribution in [0.25, 0.3) is 0 Å². The lowest BCUT2D eigenvalue weighted by atomic mass is 10.0. The first kappa shape index (κ1) is 14.0. The van der Waals surface area contributed by atoms with Crippen LogP contribution in [0.4, 0.5) is 5.82 Å². The first-order chi connectivity index (χ1) is 9.26. The summed E-state index contributed by atoms with van der Waals surface area (Å²) in [6.07, 6.45) is 3.63. The average Bonchev–Trinajstić information content (AvgIpc) is 3.04. The third-order valence-electron chi connectivity index (χ3n) is 3.42. The van der Waals surface area contributed by atoms with Crippen molar-refractivity contribution in [2.24, 2.45) is 5.92 Å². The molecule has 0 aliphatic carbocycles. The van der Waals surface area contributed by atoms with Crippen molar-refractivity contribution in [2.75, 3.05) is 25.1 Å². The highest BCUT2D eigenvalue weighted by molar-refractivity contribution is 5.93. The summed E-state index contributed by atoms with van der Waals surface area (Å²) in [6, 6.07) is 0.105. The Labute approximate surface area is 113 Å². The molecule has 2 unspecified atom stereocenters. The van der Waals surface area contributed by atoms with Crippen molar-refractivity contribution in [1.29, 1.82) is 0 Å². The number of ether oxygens (including phenoxy) is 1. The summed E-state index contributed by atoms with van der Waals surface area (Å²) >= 11 is 0. The van der Waals surface area contributed by atoms with Crippen molar-refractivity contribution in [1.82, 2.24) is 15.5 Å². The largest absolute Gasteiger partial charge is 0.379 e. The highest BCUT2D eigenvalue weighted by Crippen LogP contribution is 2.18. The van der Waals surface area contributed by atoms with Crippen LogP contribution < -0.4 is 10.6 Å². The number of amides is 1. The van der Waals surface area contributed by atoms with Gasteiger partial charge in [0.15, 0.2) is 0 Å². The Hall–Kier alpha value is -1.40. The number of aromatic nitrogens is 2. The molecule has 1 aromatic heterocycles. The van der Waals surface area contributed by atoms with Crippen molar-refractivity contribution in [3.63, 3.8) is 0 Å². The number of aryl methyl sites for hydroxylation is 1. The van der Waals surface area contributed by atoms with Gasteiger partial charge in [-0.15, -0.1) is 0 Å². The molecular weight excluding hydrogens is 244 g/mol. The number of hydrogen-bond donors (Lipinski definition) is 3. The second-order valence-corrected chi connectivity index (χ2v) is 4.82. The molecule has 1 saturated heterocycles. The van der Waals surface area contributed by atoms with Crippen LogP contribution >= 0.6 is 0 Å². The van der Waals surface area contributed by atoms with E-state index in [4.69, 9.17) is 4.74 Å². The van der Waals surface area contributed by atoms with Gasteiger partial charge in [-0.05, 0) is 19.4 Å². The number of nitrogens with zero attached hydrogens (tertiary/aromatic N) is 1. The fourth-order valence-electron chi connectivity index (χ4n) is 2.25.